The lowest BCUT2D eigenvalue weighted by molar-refractivity contribution is -0.0699. The van der Waals surface area contributed by atoms with Crippen LogP contribution in [0.2, 0.25) is 0 Å². The van der Waals surface area contributed by atoms with Crippen molar-refractivity contribution >= 4 is 11.8 Å². The maximum atomic E-state index is 6.05. The van der Waals surface area contributed by atoms with E-state index in [4.69, 9.17) is 4.74 Å². The van der Waals surface area contributed by atoms with Crippen LogP contribution < -0.4 is 5.32 Å². The summed E-state index contributed by atoms with van der Waals surface area (Å²) in [5, 5.41) is 7.91. The number of ether oxygens (including phenoxy) is 1. The second kappa shape index (κ2) is 5.85. The van der Waals surface area contributed by atoms with E-state index in [0.29, 0.717) is 6.04 Å². The number of hydrogen-bond donors (Lipinski definition) is 1. The Morgan fingerprint density at radius 1 is 1.63 bits per heavy atom. The average molecular weight is 281 g/mol. The molecule has 2 fully saturated rings. The molecule has 2 aliphatic heterocycles. The van der Waals surface area contributed by atoms with Crippen LogP contribution in [0.1, 0.15) is 24.8 Å². The SMILES string of the molecule is Cn1cc(CCNC2CCOC3(CCSC3)C2)cn1. The zero-order valence-electron chi connectivity index (χ0n) is 11.6. The highest BCUT2D eigenvalue weighted by molar-refractivity contribution is 7.99. The lowest BCUT2D eigenvalue weighted by atomic mass is 9.90. The van der Waals surface area contributed by atoms with Crippen LogP contribution in [0.3, 0.4) is 0 Å². The smallest absolute Gasteiger partial charge is 0.0795 e. The van der Waals surface area contributed by atoms with Gasteiger partial charge in [-0.15, -0.1) is 0 Å². The van der Waals surface area contributed by atoms with Crippen molar-refractivity contribution in [2.75, 3.05) is 24.7 Å². The lowest BCUT2D eigenvalue weighted by Crippen LogP contribution is -2.47. The van der Waals surface area contributed by atoms with Crippen molar-refractivity contribution in [1.29, 1.82) is 0 Å². The first kappa shape index (κ1) is 13.5. The number of thioether (sulfide) groups is 1. The Morgan fingerprint density at radius 3 is 3.32 bits per heavy atom. The van der Waals surface area contributed by atoms with E-state index in [1.165, 1.54) is 29.9 Å². The summed E-state index contributed by atoms with van der Waals surface area (Å²) in [6, 6.07) is 0.629. The zero-order valence-corrected chi connectivity index (χ0v) is 12.4. The monoisotopic (exact) mass is 281 g/mol. The van der Waals surface area contributed by atoms with Crippen LogP contribution in [0.15, 0.2) is 12.4 Å². The molecule has 0 amide bonds. The largest absolute Gasteiger partial charge is 0.374 e. The summed E-state index contributed by atoms with van der Waals surface area (Å²) in [6.45, 7) is 1.96. The summed E-state index contributed by atoms with van der Waals surface area (Å²) in [7, 11) is 1.97. The van der Waals surface area contributed by atoms with Gasteiger partial charge in [-0.25, -0.2) is 0 Å². The molecule has 1 aromatic heterocycles. The number of nitrogens with zero attached hydrogens (tertiary/aromatic N) is 2. The molecule has 2 aliphatic rings. The first-order valence-electron chi connectivity index (χ1n) is 7.18. The number of aryl methyl sites for hydroxylation is 1. The molecule has 3 heterocycles. The Kier molecular flexibility index (Phi) is 4.15. The minimum absolute atomic E-state index is 0.189. The Bertz CT molecular complexity index is 415. The first-order valence-corrected chi connectivity index (χ1v) is 8.34. The zero-order chi connectivity index (χ0) is 13.1. The molecule has 3 rings (SSSR count). The van der Waals surface area contributed by atoms with Gasteiger partial charge in [0.15, 0.2) is 0 Å². The van der Waals surface area contributed by atoms with Crippen LogP contribution in [-0.2, 0) is 18.2 Å². The van der Waals surface area contributed by atoms with E-state index < -0.39 is 0 Å². The van der Waals surface area contributed by atoms with Crippen molar-refractivity contribution < 1.29 is 4.74 Å². The quantitative estimate of drug-likeness (QED) is 0.910. The third kappa shape index (κ3) is 3.33. The highest BCUT2D eigenvalue weighted by atomic mass is 32.2. The van der Waals surface area contributed by atoms with Gasteiger partial charge in [-0.05, 0) is 43.5 Å². The standard InChI is InChI=1S/C14H23N3OS/c1-17-10-12(9-16-17)2-5-15-13-3-6-18-14(8-13)4-7-19-11-14/h9-10,13,15H,2-8,11H2,1H3. The van der Waals surface area contributed by atoms with Gasteiger partial charge in [-0.2, -0.15) is 16.9 Å². The van der Waals surface area contributed by atoms with Gasteiger partial charge in [0.1, 0.15) is 0 Å². The van der Waals surface area contributed by atoms with E-state index in [9.17, 15) is 0 Å². The van der Waals surface area contributed by atoms with Crippen molar-refractivity contribution in [3.8, 4) is 0 Å². The minimum Gasteiger partial charge on any atom is -0.374 e. The molecule has 2 unspecified atom stereocenters. The third-order valence-electron chi connectivity index (χ3n) is 4.17. The van der Waals surface area contributed by atoms with Crippen molar-refractivity contribution in [3.05, 3.63) is 18.0 Å². The maximum Gasteiger partial charge on any atom is 0.0795 e. The molecular weight excluding hydrogens is 258 g/mol. The van der Waals surface area contributed by atoms with E-state index >= 15 is 0 Å². The van der Waals surface area contributed by atoms with Crippen molar-refractivity contribution in [2.24, 2.45) is 7.05 Å². The van der Waals surface area contributed by atoms with E-state index in [1.54, 1.807) is 0 Å². The number of rotatable bonds is 4. The van der Waals surface area contributed by atoms with E-state index in [-0.39, 0.29) is 5.60 Å². The summed E-state index contributed by atoms with van der Waals surface area (Å²) in [6.07, 6.45) is 8.69. The van der Waals surface area contributed by atoms with Crippen LogP contribution in [0.4, 0.5) is 0 Å². The Balaban J connectivity index is 1.45. The number of hydrogen-bond acceptors (Lipinski definition) is 4. The van der Waals surface area contributed by atoms with Crippen LogP contribution in [0.25, 0.3) is 0 Å². The number of aromatic nitrogens is 2. The molecule has 0 aromatic carbocycles. The molecule has 19 heavy (non-hydrogen) atoms. The molecule has 0 aliphatic carbocycles. The molecule has 106 valence electrons. The molecule has 4 nitrogen and oxygen atoms in total. The van der Waals surface area contributed by atoms with E-state index in [2.05, 4.69) is 16.6 Å². The van der Waals surface area contributed by atoms with E-state index in [1.807, 2.05) is 29.7 Å². The maximum absolute atomic E-state index is 6.05. The van der Waals surface area contributed by atoms with Gasteiger partial charge < -0.3 is 10.1 Å². The van der Waals surface area contributed by atoms with Crippen LogP contribution in [0.5, 0.6) is 0 Å². The highest BCUT2D eigenvalue weighted by Gasteiger charge is 2.40. The second-order valence-electron chi connectivity index (χ2n) is 5.75. The minimum atomic E-state index is 0.189. The predicted octanol–water partition coefficient (Wildman–Crippen LogP) is 1.61. The van der Waals surface area contributed by atoms with Gasteiger partial charge in [0.25, 0.3) is 0 Å². The molecule has 0 bridgehead atoms. The average Bonchev–Trinajstić information content (AvgIpc) is 3.00. The molecule has 1 aromatic rings. The summed E-state index contributed by atoms with van der Waals surface area (Å²) in [4.78, 5) is 0. The van der Waals surface area contributed by atoms with Crippen LogP contribution in [0, 0.1) is 0 Å². The first-order chi connectivity index (χ1) is 9.26. The predicted molar refractivity (Wildman–Crippen MR) is 78.6 cm³/mol. The van der Waals surface area contributed by atoms with Gasteiger partial charge in [0.05, 0.1) is 11.8 Å². The lowest BCUT2D eigenvalue weighted by Gasteiger charge is -2.38. The Labute approximate surface area is 119 Å². The molecule has 5 heteroatoms. The Morgan fingerprint density at radius 2 is 2.58 bits per heavy atom. The van der Waals surface area contributed by atoms with E-state index in [0.717, 1.165) is 26.0 Å². The summed E-state index contributed by atoms with van der Waals surface area (Å²) in [5.74, 6) is 2.45. The summed E-state index contributed by atoms with van der Waals surface area (Å²) >= 11 is 2.04. The molecule has 2 atom stereocenters. The topological polar surface area (TPSA) is 39.1 Å². The highest BCUT2D eigenvalue weighted by Crippen LogP contribution is 2.38. The van der Waals surface area contributed by atoms with Gasteiger partial charge >= 0.3 is 0 Å². The molecule has 0 radical (unpaired) electrons. The summed E-state index contributed by atoms with van der Waals surface area (Å²) < 4.78 is 7.92. The molecule has 0 saturated carbocycles. The van der Waals surface area contributed by atoms with Crippen molar-refractivity contribution in [2.45, 2.75) is 37.3 Å². The van der Waals surface area contributed by atoms with Gasteiger partial charge in [-0.3, -0.25) is 4.68 Å². The third-order valence-corrected chi connectivity index (χ3v) is 5.39. The fraction of sp³-hybridized carbons (Fsp3) is 0.786. The van der Waals surface area contributed by atoms with Gasteiger partial charge in [0.2, 0.25) is 0 Å². The number of nitrogens with one attached hydrogen (secondary N) is 1. The fourth-order valence-corrected chi connectivity index (χ4v) is 4.47. The second-order valence-corrected chi connectivity index (χ2v) is 6.86. The Hall–Kier alpha value is -0.520. The fourth-order valence-electron chi connectivity index (χ4n) is 3.09. The van der Waals surface area contributed by atoms with Crippen LogP contribution in [-0.4, -0.2) is 46.1 Å². The van der Waals surface area contributed by atoms with Crippen molar-refractivity contribution in [3.63, 3.8) is 0 Å². The molecule has 1 spiro atoms. The van der Waals surface area contributed by atoms with Gasteiger partial charge in [-0.1, -0.05) is 0 Å². The molecule has 2 saturated heterocycles. The molecule has 1 N–H and O–H groups in total. The van der Waals surface area contributed by atoms with Crippen LogP contribution >= 0.6 is 11.8 Å². The van der Waals surface area contributed by atoms with Crippen molar-refractivity contribution in [1.82, 2.24) is 15.1 Å². The normalized spacial score (nSPS) is 31.1. The van der Waals surface area contributed by atoms with Gasteiger partial charge in [0, 0.05) is 31.6 Å². The summed E-state index contributed by atoms with van der Waals surface area (Å²) in [5.41, 5.74) is 1.50. The molecular formula is C14H23N3OS.